The number of piperidine rings is 1. The van der Waals surface area contributed by atoms with Crippen molar-refractivity contribution >= 4 is 18.0 Å². The van der Waals surface area contributed by atoms with Gasteiger partial charge in [0.25, 0.3) is 0 Å². The van der Waals surface area contributed by atoms with Gasteiger partial charge < -0.3 is 19.5 Å². The lowest BCUT2D eigenvalue weighted by molar-refractivity contribution is -0.167. The smallest absolute Gasteiger partial charge is 0.410 e. The molecular weight excluding hydrogens is 326 g/mol. The largest absolute Gasteiger partial charge is 0.481 e. The fourth-order valence-electron chi connectivity index (χ4n) is 2.75. The van der Waals surface area contributed by atoms with Crippen molar-refractivity contribution in [1.29, 1.82) is 0 Å². The molecule has 1 aliphatic rings. The second-order valence-electron chi connectivity index (χ2n) is 8.59. The number of carbonyl (C=O) groups is 3. The first-order valence-corrected chi connectivity index (χ1v) is 8.72. The first-order valence-electron chi connectivity index (χ1n) is 8.72. The molecule has 0 aromatic rings. The van der Waals surface area contributed by atoms with Crippen LogP contribution in [0.1, 0.15) is 60.8 Å². The highest BCUT2D eigenvalue weighted by molar-refractivity contribution is 5.94. The van der Waals surface area contributed by atoms with E-state index in [1.807, 2.05) is 0 Å². The van der Waals surface area contributed by atoms with Crippen LogP contribution in [0.5, 0.6) is 0 Å². The minimum absolute atomic E-state index is 0.0742. The Kier molecular flexibility index (Phi) is 6.85. The topological polar surface area (TPSA) is 93.1 Å². The Morgan fingerprint density at radius 1 is 1.08 bits per heavy atom. The number of esters is 1. The molecule has 25 heavy (non-hydrogen) atoms. The molecule has 0 aromatic carbocycles. The summed E-state index contributed by atoms with van der Waals surface area (Å²) in [5.74, 6) is -3.21. The lowest BCUT2D eigenvalue weighted by Gasteiger charge is -2.35. The maximum absolute atomic E-state index is 12.2. The molecule has 1 saturated heterocycles. The van der Waals surface area contributed by atoms with Crippen LogP contribution in [0.25, 0.3) is 0 Å². The predicted molar refractivity (Wildman–Crippen MR) is 92.1 cm³/mol. The number of aliphatic carboxylic acids is 1. The van der Waals surface area contributed by atoms with Crippen molar-refractivity contribution in [3.8, 4) is 0 Å². The van der Waals surface area contributed by atoms with Crippen molar-refractivity contribution in [2.75, 3.05) is 13.1 Å². The highest BCUT2D eigenvalue weighted by Crippen LogP contribution is 2.26. The molecule has 0 radical (unpaired) electrons. The Bertz CT molecular complexity index is 503. The Morgan fingerprint density at radius 3 is 2.12 bits per heavy atom. The van der Waals surface area contributed by atoms with Gasteiger partial charge in [-0.3, -0.25) is 9.59 Å². The van der Waals surface area contributed by atoms with E-state index in [0.29, 0.717) is 13.1 Å². The molecule has 2 unspecified atom stereocenters. The third kappa shape index (κ3) is 7.75. The number of carbonyl (C=O) groups excluding carboxylic acids is 2. The van der Waals surface area contributed by atoms with Gasteiger partial charge in [0.2, 0.25) is 0 Å². The predicted octanol–water partition coefficient (Wildman–Crippen LogP) is 3.07. The molecule has 0 spiro atoms. The number of carboxylic acids is 1. The summed E-state index contributed by atoms with van der Waals surface area (Å²) in [6, 6.07) is 0. The molecule has 1 N–H and O–H groups in total. The Balaban J connectivity index is 2.71. The van der Waals surface area contributed by atoms with Crippen molar-refractivity contribution < 1.29 is 29.0 Å². The Hall–Kier alpha value is -1.79. The molecule has 2 atom stereocenters. The molecule has 1 aliphatic heterocycles. The summed E-state index contributed by atoms with van der Waals surface area (Å²) >= 11 is 0. The van der Waals surface area contributed by atoms with Gasteiger partial charge in [0.1, 0.15) is 11.2 Å². The molecule has 7 nitrogen and oxygen atoms in total. The van der Waals surface area contributed by atoms with Gasteiger partial charge in [0.05, 0.1) is 0 Å². The van der Waals surface area contributed by atoms with E-state index in [1.54, 1.807) is 46.4 Å². The van der Waals surface area contributed by atoms with E-state index in [2.05, 4.69) is 0 Å². The normalized spacial score (nSPS) is 19.9. The Labute approximate surface area is 149 Å². The highest BCUT2D eigenvalue weighted by Gasteiger charge is 2.36. The number of ether oxygens (including phenoxy) is 2. The summed E-state index contributed by atoms with van der Waals surface area (Å²) in [4.78, 5) is 37.5. The van der Waals surface area contributed by atoms with E-state index in [9.17, 15) is 19.5 Å². The summed E-state index contributed by atoms with van der Waals surface area (Å²) in [6.45, 7) is 11.5. The lowest BCUT2D eigenvalue weighted by atomic mass is 9.88. The molecule has 0 aliphatic carbocycles. The SMILES string of the molecule is CC(C)(C)OC(=O)C(CC1CCCN(C(=O)OC(C)(C)C)C1)C(=O)O. The maximum atomic E-state index is 12.2. The summed E-state index contributed by atoms with van der Waals surface area (Å²) in [5.41, 5.74) is -1.32. The zero-order valence-corrected chi connectivity index (χ0v) is 16.1. The second-order valence-corrected chi connectivity index (χ2v) is 8.59. The Morgan fingerprint density at radius 2 is 1.64 bits per heavy atom. The highest BCUT2D eigenvalue weighted by atomic mass is 16.6. The number of amides is 1. The van der Waals surface area contributed by atoms with Crippen LogP contribution in [0, 0.1) is 11.8 Å². The molecule has 1 heterocycles. The van der Waals surface area contributed by atoms with E-state index in [1.165, 1.54) is 0 Å². The number of hydrogen-bond donors (Lipinski definition) is 1. The van der Waals surface area contributed by atoms with E-state index < -0.39 is 35.2 Å². The summed E-state index contributed by atoms with van der Waals surface area (Å²) in [6.07, 6.45) is 1.28. The zero-order valence-electron chi connectivity index (χ0n) is 16.1. The molecular formula is C18H31NO6. The van der Waals surface area contributed by atoms with Crippen LogP contribution >= 0.6 is 0 Å². The third-order valence-corrected chi connectivity index (χ3v) is 3.73. The summed E-state index contributed by atoms with van der Waals surface area (Å²) < 4.78 is 10.6. The van der Waals surface area contributed by atoms with Crippen LogP contribution in [0.2, 0.25) is 0 Å². The number of likely N-dealkylation sites (tertiary alicyclic amines) is 1. The average Bonchev–Trinajstić information content (AvgIpc) is 2.41. The van der Waals surface area contributed by atoms with Gasteiger partial charge in [-0.2, -0.15) is 0 Å². The minimum Gasteiger partial charge on any atom is -0.481 e. The number of nitrogens with zero attached hydrogens (tertiary/aromatic N) is 1. The van der Waals surface area contributed by atoms with Crippen molar-refractivity contribution in [3.63, 3.8) is 0 Å². The van der Waals surface area contributed by atoms with E-state index >= 15 is 0 Å². The van der Waals surface area contributed by atoms with Crippen molar-refractivity contribution in [3.05, 3.63) is 0 Å². The van der Waals surface area contributed by atoms with Gasteiger partial charge >= 0.3 is 18.0 Å². The summed E-state index contributed by atoms with van der Waals surface area (Å²) in [5, 5.41) is 9.39. The van der Waals surface area contributed by atoms with Crippen molar-refractivity contribution in [2.24, 2.45) is 11.8 Å². The van der Waals surface area contributed by atoms with Gasteiger partial charge in [-0.25, -0.2) is 4.79 Å². The van der Waals surface area contributed by atoms with Crippen LogP contribution in [0.3, 0.4) is 0 Å². The van der Waals surface area contributed by atoms with Crippen molar-refractivity contribution in [1.82, 2.24) is 4.90 Å². The van der Waals surface area contributed by atoms with Gasteiger partial charge in [-0.1, -0.05) is 0 Å². The van der Waals surface area contributed by atoms with Gasteiger partial charge in [0, 0.05) is 13.1 Å². The molecule has 1 amide bonds. The van der Waals surface area contributed by atoms with Crippen LogP contribution in [-0.2, 0) is 19.1 Å². The first-order chi connectivity index (χ1) is 11.3. The number of rotatable bonds is 4. The van der Waals surface area contributed by atoms with Gasteiger partial charge in [-0.05, 0) is 66.7 Å². The van der Waals surface area contributed by atoms with Gasteiger partial charge in [0.15, 0.2) is 5.92 Å². The maximum Gasteiger partial charge on any atom is 0.410 e. The fourth-order valence-corrected chi connectivity index (χ4v) is 2.75. The fraction of sp³-hybridized carbons (Fsp3) is 0.833. The van der Waals surface area contributed by atoms with Crippen LogP contribution in [0.15, 0.2) is 0 Å². The monoisotopic (exact) mass is 357 g/mol. The van der Waals surface area contributed by atoms with Crippen LogP contribution in [-0.4, -0.2) is 52.3 Å². The third-order valence-electron chi connectivity index (χ3n) is 3.73. The molecule has 0 bridgehead atoms. The number of hydrogen-bond acceptors (Lipinski definition) is 5. The first kappa shape index (κ1) is 21.3. The molecule has 1 fully saturated rings. The standard InChI is InChI=1S/C18H31NO6/c1-17(2,3)24-15(22)13(14(20)21)10-12-8-7-9-19(11-12)16(23)25-18(4,5)6/h12-13H,7-11H2,1-6H3,(H,20,21). The molecule has 0 saturated carbocycles. The van der Waals surface area contributed by atoms with E-state index in [4.69, 9.17) is 9.47 Å². The average molecular weight is 357 g/mol. The van der Waals surface area contributed by atoms with Crippen molar-refractivity contribution in [2.45, 2.75) is 72.0 Å². The van der Waals surface area contributed by atoms with Crippen LogP contribution < -0.4 is 0 Å². The molecule has 1 rings (SSSR count). The zero-order chi connectivity index (χ0) is 19.4. The minimum atomic E-state index is -1.22. The molecule has 144 valence electrons. The van der Waals surface area contributed by atoms with E-state index in [0.717, 1.165) is 12.8 Å². The van der Waals surface area contributed by atoms with Crippen LogP contribution in [0.4, 0.5) is 4.79 Å². The molecule has 7 heteroatoms. The second kappa shape index (κ2) is 8.06. The molecule has 0 aromatic heterocycles. The van der Waals surface area contributed by atoms with E-state index in [-0.39, 0.29) is 12.3 Å². The number of carboxylic acid groups (broad SMARTS) is 1. The lowest BCUT2D eigenvalue weighted by Crippen LogP contribution is -2.44. The van der Waals surface area contributed by atoms with Gasteiger partial charge in [-0.15, -0.1) is 0 Å². The quantitative estimate of drug-likeness (QED) is 0.614. The summed E-state index contributed by atoms with van der Waals surface area (Å²) in [7, 11) is 0.